The van der Waals surface area contributed by atoms with Crippen molar-refractivity contribution in [2.24, 2.45) is 5.92 Å². The standard InChI is InChI=1S/C23H27ClN2O5S/c1-17-5-3-4-6-19(17)15-25(2)22(27)16-31-23(28)18-11-13-26(14-12-18)32(29,30)21-9-7-20(24)8-10-21/h3-10,18H,11-16H2,1-2H3. The maximum Gasteiger partial charge on any atom is 0.309 e. The zero-order valence-electron chi connectivity index (χ0n) is 18.2. The third-order valence-electron chi connectivity index (χ3n) is 5.67. The molecule has 0 spiro atoms. The van der Waals surface area contributed by atoms with Gasteiger partial charge in [-0.05, 0) is 55.2 Å². The SMILES string of the molecule is Cc1ccccc1CN(C)C(=O)COC(=O)C1CCN(S(=O)(=O)c2ccc(Cl)cc2)CC1. The summed E-state index contributed by atoms with van der Waals surface area (Å²) in [5.74, 6) is -1.18. The minimum atomic E-state index is -3.64. The maximum atomic E-state index is 12.8. The van der Waals surface area contributed by atoms with Crippen LogP contribution in [0.4, 0.5) is 0 Å². The van der Waals surface area contributed by atoms with Gasteiger partial charge >= 0.3 is 5.97 Å². The Labute approximate surface area is 194 Å². The Bertz CT molecular complexity index is 1060. The van der Waals surface area contributed by atoms with E-state index in [0.29, 0.717) is 24.4 Å². The van der Waals surface area contributed by atoms with E-state index in [1.165, 1.54) is 33.5 Å². The molecule has 2 aromatic carbocycles. The zero-order chi connectivity index (χ0) is 23.3. The number of amides is 1. The van der Waals surface area contributed by atoms with Gasteiger partial charge in [-0.3, -0.25) is 9.59 Å². The van der Waals surface area contributed by atoms with Crippen molar-refractivity contribution in [3.05, 3.63) is 64.7 Å². The van der Waals surface area contributed by atoms with E-state index in [1.54, 1.807) is 7.05 Å². The van der Waals surface area contributed by atoms with Gasteiger partial charge in [-0.1, -0.05) is 35.9 Å². The number of esters is 1. The van der Waals surface area contributed by atoms with Gasteiger partial charge in [0.25, 0.3) is 5.91 Å². The molecule has 7 nitrogen and oxygen atoms in total. The highest BCUT2D eigenvalue weighted by Gasteiger charge is 2.33. The van der Waals surface area contributed by atoms with Gasteiger partial charge in [0.1, 0.15) is 0 Å². The van der Waals surface area contributed by atoms with Crippen molar-refractivity contribution >= 4 is 33.5 Å². The van der Waals surface area contributed by atoms with Gasteiger partial charge in [-0.2, -0.15) is 4.31 Å². The maximum absolute atomic E-state index is 12.8. The molecule has 1 amide bonds. The van der Waals surface area contributed by atoms with Gasteiger partial charge in [-0.15, -0.1) is 0 Å². The minimum Gasteiger partial charge on any atom is -0.455 e. The van der Waals surface area contributed by atoms with Crippen LogP contribution >= 0.6 is 11.6 Å². The number of halogens is 1. The van der Waals surface area contributed by atoms with Crippen molar-refractivity contribution in [1.82, 2.24) is 9.21 Å². The summed E-state index contributed by atoms with van der Waals surface area (Å²) in [4.78, 5) is 26.5. The van der Waals surface area contributed by atoms with Crippen LogP contribution in [0.25, 0.3) is 0 Å². The first kappa shape index (κ1) is 24.2. The predicted octanol–water partition coefficient (Wildman–Crippen LogP) is 3.25. The van der Waals surface area contributed by atoms with E-state index in [2.05, 4.69) is 0 Å². The number of rotatable bonds is 7. The first-order chi connectivity index (χ1) is 15.2. The first-order valence-electron chi connectivity index (χ1n) is 10.4. The summed E-state index contributed by atoms with van der Waals surface area (Å²) in [6.45, 7) is 2.51. The average Bonchev–Trinajstić information content (AvgIpc) is 2.79. The molecule has 1 aliphatic rings. The van der Waals surface area contributed by atoms with Crippen LogP contribution in [0.15, 0.2) is 53.4 Å². The fraction of sp³-hybridized carbons (Fsp3) is 0.391. The Kier molecular flexibility index (Phi) is 7.92. The van der Waals surface area contributed by atoms with Crippen LogP contribution in [0.1, 0.15) is 24.0 Å². The molecular formula is C23H27ClN2O5S. The van der Waals surface area contributed by atoms with Crippen molar-refractivity contribution in [3.63, 3.8) is 0 Å². The number of hydrogen-bond acceptors (Lipinski definition) is 5. The van der Waals surface area contributed by atoms with Crippen molar-refractivity contribution in [1.29, 1.82) is 0 Å². The molecule has 0 saturated carbocycles. The number of nitrogens with zero attached hydrogens (tertiary/aromatic N) is 2. The van der Waals surface area contributed by atoms with E-state index < -0.39 is 21.9 Å². The molecular weight excluding hydrogens is 452 g/mol. The molecule has 172 valence electrons. The fourth-order valence-electron chi connectivity index (χ4n) is 3.58. The lowest BCUT2D eigenvalue weighted by Crippen LogP contribution is -2.41. The lowest BCUT2D eigenvalue weighted by molar-refractivity contribution is -0.156. The van der Waals surface area contributed by atoms with Gasteiger partial charge in [0.15, 0.2) is 6.61 Å². The van der Waals surface area contributed by atoms with Crippen molar-refractivity contribution in [3.8, 4) is 0 Å². The second-order valence-electron chi connectivity index (χ2n) is 7.92. The molecule has 0 atom stereocenters. The number of likely N-dealkylation sites (N-methyl/N-ethyl adjacent to an activating group) is 1. The van der Waals surface area contributed by atoms with Crippen LogP contribution in [-0.4, -0.2) is 56.2 Å². The predicted molar refractivity (Wildman–Crippen MR) is 122 cm³/mol. The molecule has 0 radical (unpaired) electrons. The Morgan fingerprint density at radius 3 is 2.34 bits per heavy atom. The number of benzene rings is 2. The van der Waals surface area contributed by atoms with Crippen LogP contribution < -0.4 is 0 Å². The highest BCUT2D eigenvalue weighted by atomic mass is 35.5. The lowest BCUT2D eigenvalue weighted by atomic mass is 9.98. The van der Waals surface area contributed by atoms with E-state index in [0.717, 1.165) is 11.1 Å². The average molecular weight is 479 g/mol. The lowest BCUT2D eigenvalue weighted by Gasteiger charge is -2.30. The molecule has 1 fully saturated rings. The summed E-state index contributed by atoms with van der Waals surface area (Å²) < 4.78 is 32.1. The molecule has 9 heteroatoms. The number of ether oxygens (including phenoxy) is 1. The van der Waals surface area contributed by atoms with Crippen molar-refractivity contribution < 1.29 is 22.7 Å². The second-order valence-corrected chi connectivity index (χ2v) is 10.3. The summed E-state index contributed by atoms with van der Waals surface area (Å²) in [5, 5.41) is 0.462. The van der Waals surface area contributed by atoms with Crippen LogP contribution in [0.5, 0.6) is 0 Å². The largest absolute Gasteiger partial charge is 0.455 e. The fourth-order valence-corrected chi connectivity index (χ4v) is 5.18. The van der Waals surface area contributed by atoms with E-state index in [-0.39, 0.29) is 30.5 Å². The van der Waals surface area contributed by atoms with E-state index in [9.17, 15) is 18.0 Å². The summed E-state index contributed by atoms with van der Waals surface area (Å²) in [7, 11) is -1.97. The Balaban J connectivity index is 1.47. The van der Waals surface area contributed by atoms with Crippen LogP contribution in [-0.2, 0) is 30.9 Å². The molecule has 0 bridgehead atoms. The highest BCUT2D eigenvalue weighted by molar-refractivity contribution is 7.89. The van der Waals surface area contributed by atoms with E-state index in [1.807, 2.05) is 31.2 Å². The normalized spacial score (nSPS) is 15.3. The summed E-state index contributed by atoms with van der Waals surface area (Å²) >= 11 is 5.83. The topological polar surface area (TPSA) is 84.0 Å². The molecule has 0 aromatic heterocycles. The smallest absolute Gasteiger partial charge is 0.309 e. The Hall–Kier alpha value is -2.42. The zero-order valence-corrected chi connectivity index (χ0v) is 19.7. The molecule has 0 unspecified atom stereocenters. The number of carbonyl (C=O) groups is 2. The third-order valence-corrected chi connectivity index (χ3v) is 7.84. The van der Waals surface area contributed by atoms with Gasteiger partial charge < -0.3 is 9.64 Å². The molecule has 0 N–H and O–H groups in total. The molecule has 0 aliphatic carbocycles. The highest BCUT2D eigenvalue weighted by Crippen LogP contribution is 2.25. The van der Waals surface area contributed by atoms with Crippen LogP contribution in [0, 0.1) is 12.8 Å². The number of hydrogen-bond donors (Lipinski definition) is 0. The number of sulfonamides is 1. The second kappa shape index (κ2) is 10.5. The number of piperidine rings is 1. The summed E-state index contributed by atoms with van der Waals surface area (Å²) in [6.07, 6.45) is 0.692. The monoisotopic (exact) mass is 478 g/mol. The van der Waals surface area contributed by atoms with Gasteiger partial charge in [-0.25, -0.2) is 8.42 Å². The summed E-state index contributed by atoms with van der Waals surface area (Å²) in [5.41, 5.74) is 2.12. The quantitative estimate of drug-likeness (QED) is 0.570. The molecule has 1 saturated heterocycles. The molecule has 32 heavy (non-hydrogen) atoms. The summed E-state index contributed by atoms with van der Waals surface area (Å²) in [6, 6.07) is 13.8. The molecule has 1 heterocycles. The number of carbonyl (C=O) groups excluding carboxylic acids is 2. The third kappa shape index (κ3) is 5.88. The van der Waals surface area contributed by atoms with E-state index in [4.69, 9.17) is 16.3 Å². The van der Waals surface area contributed by atoms with Crippen LogP contribution in [0.3, 0.4) is 0 Å². The Morgan fingerprint density at radius 1 is 1.09 bits per heavy atom. The van der Waals surface area contributed by atoms with Gasteiger partial charge in [0.2, 0.25) is 10.0 Å². The van der Waals surface area contributed by atoms with Crippen LogP contribution in [0.2, 0.25) is 5.02 Å². The first-order valence-corrected chi connectivity index (χ1v) is 12.2. The molecule has 3 rings (SSSR count). The van der Waals surface area contributed by atoms with Crippen molar-refractivity contribution in [2.75, 3.05) is 26.7 Å². The molecule has 2 aromatic rings. The van der Waals surface area contributed by atoms with Gasteiger partial charge in [0, 0.05) is 31.7 Å². The van der Waals surface area contributed by atoms with Gasteiger partial charge in [0.05, 0.1) is 10.8 Å². The minimum absolute atomic E-state index is 0.171. The number of aryl methyl sites for hydroxylation is 1. The van der Waals surface area contributed by atoms with E-state index >= 15 is 0 Å². The molecule has 1 aliphatic heterocycles. The Morgan fingerprint density at radius 2 is 1.72 bits per heavy atom. The van der Waals surface area contributed by atoms with Crippen molar-refractivity contribution in [2.45, 2.75) is 31.2 Å².